The second-order valence-corrected chi connectivity index (χ2v) is 7.83. The predicted octanol–water partition coefficient (Wildman–Crippen LogP) is 3.31. The fourth-order valence-corrected chi connectivity index (χ4v) is 3.56. The molecule has 1 amide bonds. The van der Waals surface area contributed by atoms with Crippen molar-refractivity contribution in [3.8, 4) is 11.5 Å². The molecule has 0 saturated heterocycles. The van der Waals surface area contributed by atoms with Gasteiger partial charge >= 0.3 is 0 Å². The largest absolute Gasteiger partial charge is 0.493 e. The summed E-state index contributed by atoms with van der Waals surface area (Å²) in [7, 11) is 1.54. The van der Waals surface area contributed by atoms with Crippen molar-refractivity contribution in [1.82, 2.24) is 20.9 Å². The molecule has 0 saturated carbocycles. The maximum Gasteiger partial charge on any atom is 0.277 e. The number of hydrogen-bond acceptors (Lipinski definition) is 8. The quantitative estimate of drug-likeness (QED) is 0.342. The first-order valence-corrected chi connectivity index (χ1v) is 10.6. The molecule has 1 aromatic heterocycles. The van der Waals surface area contributed by atoms with Gasteiger partial charge in [0.2, 0.25) is 11.5 Å². The zero-order chi connectivity index (χ0) is 23.1. The van der Waals surface area contributed by atoms with Crippen LogP contribution in [0.3, 0.4) is 0 Å². The van der Waals surface area contributed by atoms with Gasteiger partial charge in [-0.25, -0.2) is 9.02 Å². The van der Waals surface area contributed by atoms with Crippen LogP contribution < -0.4 is 25.8 Å². The van der Waals surface area contributed by atoms with Crippen LogP contribution >= 0.6 is 27.5 Å². The topological polar surface area (TPSA) is 125 Å². The van der Waals surface area contributed by atoms with Crippen LogP contribution in [0.25, 0.3) is 0 Å². The lowest BCUT2D eigenvalue weighted by Gasteiger charge is -2.15. The summed E-state index contributed by atoms with van der Waals surface area (Å²) in [5.41, 5.74) is 7.01. The molecule has 0 aliphatic carbocycles. The highest BCUT2D eigenvalue weighted by Crippen LogP contribution is 2.37. The minimum Gasteiger partial charge on any atom is -0.493 e. The molecule has 12 heteroatoms. The Balaban J connectivity index is 1.52. The number of aromatic nitrogens is 2. The Labute approximate surface area is 196 Å². The minimum absolute atomic E-state index is 0.0452. The highest BCUT2D eigenvalue weighted by atomic mass is 79.9. The molecule has 0 radical (unpaired) electrons. The van der Waals surface area contributed by atoms with E-state index in [1.54, 1.807) is 6.07 Å². The maximum atomic E-state index is 13.2. The van der Waals surface area contributed by atoms with Crippen LogP contribution in [0, 0.1) is 5.82 Å². The smallest absolute Gasteiger partial charge is 0.277 e. The molecule has 9 nitrogen and oxygen atoms in total. The van der Waals surface area contributed by atoms with E-state index in [1.807, 2.05) is 12.1 Å². The van der Waals surface area contributed by atoms with Gasteiger partial charge in [-0.2, -0.15) is 0 Å². The summed E-state index contributed by atoms with van der Waals surface area (Å²) in [6, 6.07) is 7.85. The standard InChI is InChI=1S/C20H20BrClFN5O4/c1-30-16-7-11(9-25-4-5-26-20(29)17-19(24)28-32-27-17)6-14(21)18(16)31-10-12-2-3-13(23)8-15(12)22/h2-3,6-8,25H,4-5,9-10H2,1H3,(H2,24,28)(H,26,29). The molecule has 0 bridgehead atoms. The Hall–Kier alpha value is -2.89. The van der Waals surface area contributed by atoms with Gasteiger partial charge in [-0.3, -0.25) is 4.79 Å². The first-order valence-electron chi connectivity index (χ1n) is 9.39. The molecule has 170 valence electrons. The third-order valence-corrected chi connectivity index (χ3v) is 5.26. The lowest BCUT2D eigenvalue weighted by molar-refractivity contribution is 0.0944. The second kappa shape index (κ2) is 11.1. The van der Waals surface area contributed by atoms with Gasteiger partial charge in [0.1, 0.15) is 12.4 Å². The molecular weight excluding hydrogens is 509 g/mol. The zero-order valence-electron chi connectivity index (χ0n) is 17.0. The van der Waals surface area contributed by atoms with Gasteiger partial charge in [0, 0.05) is 25.2 Å². The summed E-state index contributed by atoms with van der Waals surface area (Å²) in [5, 5.41) is 13.0. The fourth-order valence-electron chi connectivity index (χ4n) is 2.74. The van der Waals surface area contributed by atoms with E-state index in [0.717, 1.165) is 5.56 Å². The SMILES string of the molecule is COc1cc(CNCCNC(=O)c2nonc2N)cc(Br)c1OCc1ccc(F)cc1Cl. The number of nitrogens with zero attached hydrogens (tertiary/aromatic N) is 2. The van der Waals surface area contributed by atoms with E-state index in [4.69, 9.17) is 26.8 Å². The number of hydrogen-bond donors (Lipinski definition) is 3. The molecule has 0 spiro atoms. The van der Waals surface area contributed by atoms with Crippen LogP contribution in [0.15, 0.2) is 39.4 Å². The molecule has 0 atom stereocenters. The number of nitrogen functional groups attached to an aromatic ring is 1. The Kier molecular flexibility index (Phi) is 8.26. The van der Waals surface area contributed by atoms with E-state index in [1.165, 1.54) is 19.2 Å². The van der Waals surface area contributed by atoms with Crippen molar-refractivity contribution in [3.63, 3.8) is 0 Å². The number of nitrogens with one attached hydrogen (secondary N) is 2. The summed E-state index contributed by atoms with van der Waals surface area (Å²) >= 11 is 9.56. The van der Waals surface area contributed by atoms with Crippen LogP contribution in [-0.4, -0.2) is 36.4 Å². The van der Waals surface area contributed by atoms with Crippen molar-refractivity contribution in [2.75, 3.05) is 25.9 Å². The minimum atomic E-state index is -0.460. The van der Waals surface area contributed by atoms with Crippen molar-refractivity contribution in [2.45, 2.75) is 13.2 Å². The third-order valence-electron chi connectivity index (χ3n) is 4.32. The first-order chi connectivity index (χ1) is 15.4. The number of ether oxygens (including phenoxy) is 2. The predicted molar refractivity (Wildman–Crippen MR) is 119 cm³/mol. The number of carbonyl (C=O) groups is 1. The number of amides is 1. The van der Waals surface area contributed by atoms with E-state index in [0.29, 0.717) is 41.2 Å². The Morgan fingerprint density at radius 3 is 2.78 bits per heavy atom. The van der Waals surface area contributed by atoms with E-state index >= 15 is 0 Å². The Morgan fingerprint density at radius 2 is 2.09 bits per heavy atom. The van der Waals surface area contributed by atoms with Crippen LogP contribution in [0.5, 0.6) is 11.5 Å². The van der Waals surface area contributed by atoms with Crippen molar-refractivity contribution >= 4 is 39.3 Å². The Morgan fingerprint density at radius 1 is 1.28 bits per heavy atom. The molecule has 3 rings (SSSR count). The van der Waals surface area contributed by atoms with E-state index in [9.17, 15) is 9.18 Å². The van der Waals surface area contributed by atoms with Crippen molar-refractivity contribution in [1.29, 1.82) is 0 Å². The molecule has 2 aromatic carbocycles. The van der Waals surface area contributed by atoms with Gasteiger partial charge in [-0.15, -0.1) is 0 Å². The van der Waals surface area contributed by atoms with Crippen molar-refractivity contribution in [3.05, 3.63) is 62.5 Å². The second-order valence-electron chi connectivity index (χ2n) is 6.56. The molecule has 4 N–H and O–H groups in total. The highest BCUT2D eigenvalue weighted by Gasteiger charge is 2.15. The molecule has 0 aliphatic heterocycles. The molecule has 3 aromatic rings. The number of anilines is 1. The van der Waals surface area contributed by atoms with E-state index < -0.39 is 11.7 Å². The van der Waals surface area contributed by atoms with Gasteiger partial charge in [-0.05, 0) is 56.1 Å². The summed E-state index contributed by atoms with van der Waals surface area (Å²) in [6.45, 7) is 1.51. The first kappa shape index (κ1) is 23.8. The number of carbonyl (C=O) groups excluding carboxylic acids is 1. The third kappa shape index (κ3) is 6.09. The summed E-state index contributed by atoms with van der Waals surface area (Å²) in [6.07, 6.45) is 0. The van der Waals surface area contributed by atoms with Crippen molar-refractivity contribution < 1.29 is 23.3 Å². The fraction of sp³-hybridized carbons (Fsp3) is 0.250. The normalized spacial score (nSPS) is 10.8. The van der Waals surface area contributed by atoms with Crippen LogP contribution in [0.1, 0.15) is 21.6 Å². The van der Waals surface area contributed by atoms with Gasteiger partial charge in [0.05, 0.1) is 16.6 Å². The number of halogens is 3. The molecule has 0 aliphatic rings. The van der Waals surface area contributed by atoms with E-state index in [2.05, 4.69) is 41.5 Å². The average Bonchev–Trinajstić information content (AvgIpc) is 3.19. The molecule has 32 heavy (non-hydrogen) atoms. The summed E-state index contributed by atoms with van der Waals surface area (Å²) in [5.74, 6) is 0.0989. The van der Waals surface area contributed by atoms with Gasteiger partial charge < -0.3 is 25.8 Å². The van der Waals surface area contributed by atoms with Gasteiger partial charge in [-0.1, -0.05) is 17.7 Å². The van der Waals surface area contributed by atoms with Gasteiger partial charge in [0.15, 0.2) is 11.5 Å². The van der Waals surface area contributed by atoms with Gasteiger partial charge in [0.25, 0.3) is 5.91 Å². The van der Waals surface area contributed by atoms with Crippen LogP contribution in [0.4, 0.5) is 10.2 Å². The van der Waals surface area contributed by atoms with Crippen LogP contribution in [-0.2, 0) is 13.2 Å². The summed E-state index contributed by atoms with van der Waals surface area (Å²) in [4.78, 5) is 11.9. The number of nitrogens with two attached hydrogens (primary N) is 1. The maximum absolute atomic E-state index is 13.2. The van der Waals surface area contributed by atoms with Crippen molar-refractivity contribution in [2.24, 2.45) is 0 Å². The number of rotatable bonds is 10. The Bertz CT molecular complexity index is 1100. The van der Waals surface area contributed by atoms with Crippen LogP contribution in [0.2, 0.25) is 5.02 Å². The highest BCUT2D eigenvalue weighted by molar-refractivity contribution is 9.10. The zero-order valence-corrected chi connectivity index (χ0v) is 19.3. The lowest BCUT2D eigenvalue weighted by atomic mass is 10.2. The lowest BCUT2D eigenvalue weighted by Crippen LogP contribution is -2.32. The molecule has 0 unspecified atom stereocenters. The van der Waals surface area contributed by atoms with E-state index in [-0.39, 0.29) is 23.1 Å². The summed E-state index contributed by atoms with van der Waals surface area (Å²) < 4.78 is 29.6. The number of benzene rings is 2. The molecule has 1 heterocycles. The number of methoxy groups -OCH3 is 1. The monoisotopic (exact) mass is 527 g/mol. The molecule has 0 fully saturated rings. The average molecular weight is 529 g/mol. The molecular formula is C20H20BrClFN5O4.